The molecule has 0 unspecified atom stereocenters. The summed E-state index contributed by atoms with van der Waals surface area (Å²) in [5.74, 6) is -0.113. The van der Waals surface area contributed by atoms with Crippen LogP contribution in [-0.2, 0) is 20.7 Å². The molecule has 0 fully saturated rings. The Morgan fingerprint density at radius 2 is 2.00 bits per heavy atom. The van der Waals surface area contributed by atoms with E-state index in [4.69, 9.17) is 9.47 Å². The third-order valence-electron chi connectivity index (χ3n) is 2.51. The Kier molecular flexibility index (Phi) is 7.46. The highest BCUT2D eigenvalue weighted by Gasteiger charge is 2.01. The van der Waals surface area contributed by atoms with E-state index < -0.39 is 6.29 Å². The number of rotatable bonds is 8. The maximum atomic E-state index is 11.5. The second-order valence-corrected chi connectivity index (χ2v) is 3.92. The fraction of sp³-hybridized carbons (Fsp3) is 0.429. The van der Waals surface area contributed by atoms with Crippen molar-refractivity contribution in [3.8, 4) is 0 Å². The van der Waals surface area contributed by atoms with Crippen LogP contribution in [0.5, 0.6) is 0 Å². The topological polar surface area (TPSA) is 59.9 Å². The second kappa shape index (κ2) is 9.24. The normalized spacial score (nSPS) is 11.1. The number of hydrogen-bond donors (Lipinski definition) is 1. The van der Waals surface area contributed by atoms with Crippen molar-refractivity contribution in [3.05, 3.63) is 35.9 Å². The van der Waals surface area contributed by atoms with E-state index in [2.05, 4.69) is 10.3 Å². The minimum atomic E-state index is -0.503. The molecule has 0 saturated heterocycles. The van der Waals surface area contributed by atoms with Crippen LogP contribution in [0, 0.1) is 0 Å². The lowest BCUT2D eigenvalue weighted by Crippen LogP contribution is -2.28. The van der Waals surface area contributed by atoms with E-state index >= 15 is 0 Å². The molecule has 19 heavy (non-hydrogen) atoms. The van der Waals surface area contributed by atoms with Crippen molar-refractivity contribution >= 4 is 12.1 Å². The van der Waals surface area contributed by atoms with Gasteiger partial charge in [0.25, 0.3) is 0 Å². The van der Waals surface area contributed by atoms with Gasteiger partial charge in [-0.25, -0.2) is 0 Å². The number of nitrogens with one attached hydrogen (secondary N) is 1. The van der Waals surface area contributed by atoms with Crippen LogP contribution in [0.1, 0.15) is 5.56 Å². The number of amides is 1. The van der Waals surface area contributed by atoms with E-state index in [0.717, 1.165) is 6.42 Å². The number of nitrogens with zero attached hydrogens (tertiary/aromatic N) is 1. The maximum absolute atomic E-state index is 11.5. The Hall–Kier alpha value is -1.72. The summed E-state index contributed by atoms with van der Waals surface area (Å²) in [5, 5.41) is 2.81. The molecule has 1 rings (SSSR count). The number of carbonyl (C=O) groups is 1. The van der Waals surface area contributed by atoms with Crippen LogP contribution < -0.4 is 5.32 Å². The van der Waals surface area contributed by atoms with Crippen molar-refractivity contribution in [1.82, 2.24) is 5.32 Å². The summed E-state index contributed by atoms with van der Waals surface area (Å²) in [6.45, 7) is 0.689. The molecule has 5 heteroatoms. The largest absolute Gasteiger partial charge is 0.354 e. The average Bonchev–Trinajstić information content (AvgIpc) is 2.45. The predicted octanol–water partition coefficient (Wildman–Crippen LogP) is 1.03. The second-order valence-electron chi connectivity index (χ2n) is 3.92. The van der Waals surface area contributed by atoms with Gasteiger partial charge in [-0.05, 0) is 12.0 Å². The molecule has 0 heterocycles. The highest BCUT2D eigenvalue weighted by atomic mass is 16.7. The molecule has 0 aromatic heterocycles. The summed E-state index contributed by atoms with van der Waals surface area (Å²) in [4.78, 5) is 15.4. The van der Waals surface area contributed by atoms with E-state index in [9.17, 15) is 4.79 Å². The van der Waals surface area contributed by atoms with Gasteiger partial charge in [-0.3, -0.25) is 9.79 Å². The lowest BCUT2D eigenvalue weighted by atomic mass is 10.1. The van der Waals surface area contributed by atoms with Gasteiger partial charge < -0.3 is 14.8 Å². The highest BCUT2D eigenvalue weighted by Crippen LogP contribution is 1.97. The van der Waals surface area contributed by atoms with Gasteiger partial charge >= 0.3 is 0 Å². The first-order valence-electron chi connectivity index (χ1n) is 6.12. The standard InChI is InChI=1S/C14H20N2O3/c1-18-14(19-2)11-15-10-13(17)16-9-8-12-6-4-3-5-7-12/h3-7,11,14H,8-10H2,1-2H3,(H,16,17). The molecule has 1 aromatic rings. The fourth-order valence-electron chi connectivity index (χ4n) is 1.49. The van der Waals surface area contributed by atoms with E-state index in [1.165, 1.54) is 26.0 Å². The number of carbonyl (C=O) groups excluding carboxylic acids is 1. The van der Waals surface area contributed by atoms with E-state index in [-0.39, 0.29) is 12.5 Å². The van der Waals surface area contributed by atoms with Crippen LogP contribution in [0.4, 0.5) is 0 Å². The number of hydrogen-bond acceptors (Lipinski definition) is 4. The molecule has 0 aliphatic rings. The first-order chi connectivity index (χ1) is 9.26. The Labute approximate surface area is 113 Å². The van der Waals surface area contributed by atoms with Crippen LogP contribution in [0.15, 0.2) is 35.3 Å². The van der Waals surface area contributed by atoms with Crippen LogP contribution in [-0.4, -0.2) is 45.7 Å². The summed E-state index contributed by atoms with van der Waals surface area (Å²) in [6.07, 6.45) is 1.78. The maximum Gasteiger partial charge on any atom is 0.241 e. The first-order valence-corrected chi connectivity index (χ1v) is 6.12. The van der Waals surface area contributed by atoms with Crippen LogP contribution in [0.3, 0.4) is 0 Å². The van der Waals surface area contributed by atoms with E-state index in [1.807, 2.05) is 30.3 Å². The van der Waals surface area contributed by atoms with Gasteiger partial charge in [-0.2, -0.15) is 0 Å². The zero-order valence-electron chi connectivity index (χ0n) is 11.3. The van der Waals surface area contributed by atoms with E-state index in [1.54, 1.807) is 0 Å². The molecule has 0 spiro atoms. The Balaban J connectivity index is 2.18. The van der Waals surface area contributed by atoms with Crippen LogP contribution >= 0.6 is 0 Å². The lowest BCUT2D eigenvalue weighted by Gasteiger charge is -2.06. The van der Waals surface area contributed by atoms with Gasteiger partial charge in [0.1, 0.15) is 6.54 Å². The van der Waals surface area contributed by atoms with Gasteiger partial charge in [-0.1, -0.05) is 30.3 Å². The van der Waals surface area contributed by atoms with Gasteiger partial charge in [0.05, 0.1) is 6.21 Å². The van der Waals surface area contributed by atoms with Gasteiger partial charge in [-0.15, -0.1) is 0 Å². The number of methoxy groups -OCH3 is 2. The fourth-order valence-corrected chi connectivity index (χ4v) is 1.49. The van der Waals surface area contributed by atoms with Crippen molar-refractivity contribution in [3.63, 3.8) is 0 Å². The number of ether oxygens (including phenoxy) is 2. The average molecular weight is 264 g/mol. The molecule has 0 radical (unpaired) electrons. The Morgan fingerprint density at radius 3 is 2.63 bits per heavy atom. The summed E-state index contributed by atoms with van der Waals surface area (Å²) in [6, 6.07) is 10.0. The molecule has 1 amide bonds. The van der Waals surface area contributed by atoms with Gasteiger partial charge in [0, 0.05) is 20.8 Å². The van der Waals surface area contributed by atoms with Crippen LogP contribution in [0.25, 0.3) is 0 Å². The third kappa shape index (κ3) is 6.69. The molecule has 5 nitrogen and oxygen atoms in total. The number of benzene rings is 1. The molecule has 1 N–H and O–H groups in total. The Bertz CT molecular complexity index is 389. The molecule has 0 atom stereocenters. The van der Waals surface area contributed by atoms with Crippen molar-refractivity contribution < 1.29 is 14.3 Å². The predicted molar refractivity (Wildman–Crippen MR) is 74.3 cm³/mol. The molecule has 0 aliphatic heterocycles. The molecule has 1 aromatic carbocycles. The quantitative estimate of drug-likeness (QED) is 0.563. The van der Waals surface area contributed by atoms with Crippen LogP contribution in [0.2, 0.25) is 0 Å². The smallest absolute Gasteiger partial charge is 0.241 e. The summed E-state index contributed by atoms with van der Waals surface area (Å²) in [7, 11) is 3.03. The molecule has 0 bridgehead atoms. The van der Waals surface area contributed by atoms with Gasteiger partial charge in [0.15, 0.2) is 6.29 Å². The minimum Gasteiger partial charge on any atom is -0.354 e. The van der Waals surface area contributed by atoms with Gasteiger partial charge in [0.2, 0.25) is 5.91 Å². The number of aliphatic imine (C=N–C) groups is 1. The lowest BCUT2D eigenvalue weighted by molar-refractivity contribution is -0.119. The molecular weight excluding hydrogens is 244 g/mol. The zero-order valence-corrected chi connectivity index (χ0v) is 11.3. The summed E-state index contributed by atoms with van der Waals surface area (Å²) >= 11 is 0. The molecule has 104 valence electrons. The molecule has 0 aliphatic carbocycles. The molecule has 0 saturated carbocycles. The first kappa shape index (κ1) is 15.3. The van der Waals surface area contributed by atoms with Crippen molar-refractivity contribution in [2.75, 3.05) is 27.3 Å². The monoisotopic (exact) mass is 264 g/mol. The SMILES string of the molecule is COC(C=NCC(=O)NCCc1ccccc1)OC. The zero-order chi connectivity index (χ0) is 13.9. The molecular formula is C14H20N2O3. The van der Waals surface area contributed by atoms with Crippen molar-refractivity contribution in [2.45, 2.75) is 12.7 Å². The third-order valence-corrected chi connectivity index (χ3v) is 2.51. The minimum absolute atomic E-state index is 0.0814. The Morgan fingerprint density at radius 1 is 1.32 bits per heavy atom. The summed E-state index contributed by atoms with van der Waals surface area (Å²) < 4.78 is 9.83. The highest BCUT2D eigenvalue weighted by molar-refractivity contribution is 5.79. The van der Waals surface area contributed by atoms with Crippen molar-refractivity contribution in [2.24, 2.45) is 4.99 Å². The van der Waals surface area contributed by atoms with E-state index in [0.29, 0.717) is 6.54 Å². The summed E-state index contributed by atoms with van der Waals surface area (Å²) in [5.41, 5.74) is 1.20. The van der Waals surface area contributed by atoms with Crippen molar-refractivity contribution in [1.29, 1.82) is 0 Å².